The number of rotatable bonds is 8. The molecular weight excluding hydrogens is 769 g/mol. The van der Waals surface area contributed by atoms with Crippen molar-refractivity contribution in [3.63, 3.8) is 0 Å². The number of aromatic nitrogens is 1. The van der Waals surface area contributed by atoms with E-state index in [0.717, 1.165) is 78.7 Å². The molecule has 10 rings (SSSR count). The molecule has 6 aliphatic rings. The van der Waals surface area contributed by atoms with Crippen molar-refractivity contribution in [2.45, 2.75) is 83.0 Å². The fourth-order valence-electron chi connectivity index (χ4n) is 11.2. The van der Waals surface area contributed by atoms with Crippen molar-refractivity contribution in [1.82, 2.24) is 25.0 Å². The van der Waals surface area contributed by atoms with Crippen LogP contribution in [0, 0.1) is 23.0 Å². The van der Waals surface area contributed by atoms with Gasteiger partial charge < -0.3 is 25.0 Å². The summed E-state index contributed by atoms with van der Waals surface area (Å²) in [4.78, 5) is 37.9. The third kappa shape index (κ3) is 6.62. The minimum Gasteiger partial charge on any atom is -0.371 e. The number of fused-ring (bicyclic) bond motifs is 5. The van der Waals surface area contributed by atoms with Gasteiger partial charge in [-0.15, -0.1) is 0 Å². The van der Waals surface area contributed by atoms with Crippen LogP contribution in [0.15, 0.2) is 85.2 Å². The molecule has 12 heteroatoms. The monoisotopic (exact) mass is 822 g/mol. The lowest BCUT2D eigenvalue weighted by atomic mass is 9.70. The molecule has 2 amide bonds. The number of allylic oxidation sites excluding steroid dienone is 2. The van der Waals surface area contributed by atoms with E-state index in [2.05, 4.69) is 50.8 Å². The van der Waals surface area contributed by atoms with Gasteiger partial charge >= 0.3 is 0 Å². The van der Waals surface area contributed by atoms with Gasteiger partial charge in [0.15, 0.2) is 0 Å². The van der Waals surface area contributed by atoms with Crippen LogP contribution in [0.1, 0.15) is 91.2 Å². The lowest BCUT2D eigenvalue weighted by Crippen LogP contribution is -2.49. The smallest absolute Gasteiger partial charge is 0.255 e. The Labute approximate surface area is 350 Å². The number of piperidine rings is 2. The third-order valence-corrected chi connectivity index (χ3v) is 14.5. The molecule has 2 N–H and O–H groups in total. The van der Waals surface area contributed by atoms with E-state index in [1.165, 1.54) is 17.7 Å². The van der Waals surface area contributed by atoms with Crippen LogP contribution in [0.3, 0.4) is 0 Å². The molecule has 3 saturated heterocycles. The number of para-hydroxylation sites is 1. The number of carbonyl (C=O) groups is 2. The van der Waals surface area contributed by atoms with Gasteiger partial charge in [-0.1, -0.05) is 49.6 Å². The Balaban J connectivity index is 0.00000264. The molecule has 1 spiro atoms. The second-order valence-corrected chi connectivity index (χ2v) is 18.2. The topological polar surface area (TPSA) is 74.9 Å². The normalized spacial score (nSPS) is 23.9. The first-order valence-electron chi connectivity index (χ1n) is 21.2. The van der Waals surface area contributed by atoms with E-state index < -0.39 is 42.4 Å². The van der Waals surface area contributed by atoms with Crippen molar-refractivity contribution in [2.75, 3.05) is 37.6 Å². The third-order valence-electron chi connectivity index (χ3n) is 14.5. The summed E-state index contributed by atoms with van der Waals surface area (Å²) in [7, 11) is 0. The zero-order valence-corrected chi connectivity index (χ0v) is 33.8. The Morgan fingerprint density at radius 3 is 2.38 bits per heavy atom. The summed E-state index contributed by atoms with van der Waals surface area (Å²) in [6.07, 6.45) is 1.32. The van der Waals surface area contributed by atoms with Crippen LogP contribution < -0.4 is 10.2 Å². The average Bonchev–Trinajstić information content (AvgIpc) is 3.99. The molecule has 3 atom stereocenters. The quantitative estimate of drug-likeness (QED) is 0.137. The van der Waals surface area contributed by atoms with Gasteiger partial charge in [0, 0.05) is 99.3 Å². The fourth-order valence-corrected chi connectivity index (χ4v) is 11.2. The number of alkyl halides is 2. The second kappa shape index (κ2) is 14.7. The van der Waals surface area contributed by atoms with Gasteiger partial charge in [0.1, 0.15) is 17.7 Å². The maximum atomic E-state index is 16.4. The van der Waals surface area contributed by atoms with Gasteiger partial charge in [-0.25, -0.2) is 17.6 Å². The number of likely N-dealkylation sites (tertiary alicyclic amines) is 1. The molecule has 316 valence electrons. The highest BCUT2D eigenvalue weighted by Crippen LogP contribution is 2.50. The van der Waals surface area contributed by atoms with E-state index >= 15 is 8.78 Å². The van der Waals surface area contributed by atoms with Gasteiger partial charge in [0.25, 0.3) is 5.91 Å². The maximum absolute atomic E-state index is 16.4. The van der Waals surface area contributed by atoms with Crippen molar-refractivity contribution >= 4 is 28.4 Å². The highest BCUT2D eigenvalue weighted by molar-refractivity contribution is 6.01. The summed E-state index contributed by atoms with van der Waals surface area (Å²) < 4.78 is 60.7. The van der Waals surface area contributed by atoms with E-state index in [-0.39, 0.29) is 25.6 Å². The van der Waals surface area contributed by atoms with Crippen molar-refractivity contribution in [3.05, 3.63) is 136 Å². The Morgan fingerprint density at radius 2 is 1.65 bits per heavy atom. The molecule has 0 saturated carbocycles. The van der Waals surface area contributed by atoms with Gasteiger partial charge in [0.05, 0.1) is 0 Å². The van der Waals surface area contributed by atoms with E-state index in [9.17, 15) is 18.4 Å². The van der Waals surface area contributed by atoms with Crippen molar-refractivity contribution in [1.29, 1.82) is 0 Å². The minimum atomic E-state index is -2.64. The van der Waals surface area contributed by atoms with Crippen LogP contribution in [0.5, 0.6) is 0 Å². The summed E-state index contributed by atoms with van der Waals surface area (Å²) in [6.45, 7) is 18.2. The molecule has 0 radical (unpaired) electrons. The molecule has 8 nitrogen and oxygen atoms in total. The van der Waals surface area contributed by atoms with E-state index in [1.54, 1.807) is 4.90 Å². The molecule has 0 bridgehead atoms. The van der Waals surface area contributed by atoms with Crippen molar-refractivity contribution in [3.8, 4) is 0 Å². The second-order valence-electron chi connectivity index (χ2n) is 18.2. The van der Waals surface area contributed by atoms with Crippen LogP contribution in [-0.2, 0) is 30.8 Å². The number of hydrogen-bond donors (Lipinski definition) is 2. The summed E-state index contributed by atoms with van der Waals surface area (Å²) >= 11 is 0. The fraction of sp³-hybridized carbons (Fsp3) is 0.417. The highest BCUT2D eigenvalue weighted by atomic mass is 19.3. The molecule has 6 heterocycles. The Morgan fingerprint density at radius 1 is 0.933 bits per heavy atom. The van der Waals surface area contributed by atoms with E-state index in [0.29, 0.717) is 73.7 Å². The maximum Gasteiger partial charge on any atom is 0.255 e. The van der Waals surface area contributed by atoms with E-state index in [4.69, 9.17) is 0 Å². The Kier molecular flexibility index (Phi) is 9.49. The first kappa shape index (κ1) is 38.8. The molecule has 5 aliphatic heterocycles. The number of hydrogen-bond acceptors (Lipinski definition) is 5. The number of nitrogens with one attached hydrogen (secondary N) is 2. The van der Waals surface area contributed by atoms with Gasteiger partial charge in [0.2, 0.25) is 12.3 Å². The minimum absolute atomic E-state index is 0. The van der Waals surface area contributed by atoms with Crippen molar-refractivity contribution in [2.24, 2.45) is 11.3 Å². The van der Waals surface area contributed by atoms with E-state index in [1.807, 2.05) is 30.3 Å². The molecule has 1 aromatic heterocycles. The number of halogens is 4. The number of benzene rings is 3. The molecule has 3 fully saturated rings. The average molecular weight is 823 g/mol. The number of amides is 2. The largest absolute Gasteiger partial charge is 0.371 e. The predicted molar refractivity (Wildman–Crippen MR) is 228 cm³/mol. The van der Waals surface area contributed by atoms with Crippen LogP contribution in [0.25, 0.3) is 10.9 Å². The Hall–Kier alpha value is -5.36. The number of nitrogens with zero attached hydrogens (tertiary/aromatic N) is 4. The summed E-state index contributed by atoms with van der Waals surface area (Å²) in [5.41, 5.74) is 8.86. The lowest BCUT2D eigenvalue weighted by Gasteiger charge is -2.40. The lowest BCUT2D eigenvalue weighted by molar-refractivity contribution is -0.126. The SMILES string of the molecule is C=C1CCC(N2Cc3cc4c(cc3C2=O)CN(C(=C)CN2CCC3(CC2)CCN(c2cc(F)c([C@@H]5c6[nH]c7ccccc7c6CC(=C)C5CC(F)F)c(F)c2)C3)C4)C(=O)N1.[HH].[HH]. The number of H-pyrrole nitrogens is 1. The Bertz CT molecular complexity index is 2470. The number of anilines is 1. The van der Waals surface area contributed by atoms with Crippen molar-refractivity contribution < 1.29 is 30.0 Å². The van der Waals surface area contributed by atoms with Gasteiger partial charge in [-0.05, 0) is 109 Å². The number of carbonyl (C=O) groups excluding carboxylic acids is 2. The first-order valence-corrected chi connectivity index (χ1v) is 21.2. The molecule has 2 unspecified atom stereocenters. The van der Waals surface area contributed by atoms with Crippen LogP contribution in [0.4, 0.5) is 23.2 Å². The van der Waals surface area contributed by atoms with Crippen LogP contribution in [-0.4, -0.2) is 76.7 Å². The summed E-state index contributed by atoms with van der Waals surface area (Å²) in [6, 6.07) is 14.1. The molecular formula is C48H54F4N6O2. The van der Waals surface area contributed by atoms with Gasteiger partial charge in [-0.3, -0.25) is 14.5 Å². The molecule has 1 aliphatic carbocycles. The van der Waals surface area contributed by atoms with Crippen LogP contribution in [0.2, 0.25) is 0 Å². The highest BCUT2D eigenvalue weighted by Gasteiger charge is 2.44. The van der Waals surface area contributed by atoms with Gasteiger partial charge in [-0.2, -0.15) is 0 Å². The predicted octanol–water partition coefficient (Wildman–Crippen LogP) is 9.02. The summed E-state index contributed by atoms with van der Waals surface area (Å²) in [5.74, 6) is -3.43. The number of aromatic amines is 1. The molecule has 60 heavy (non-hydrogen) atoms. The molecule has 4 aromatic rings. The summed E-state index contributed by atoms with van der Waals surface area (Å²) in [5, 5.41) is 3.72. The standard InChI is InChI=1S/C48H50F4N6O2.2H2/c1-27-16-37-34-6-4-5-7-40(34)54-45(37)43(35(27)21-42(51)52)44-38(49)19-33(20-39(44)50)56-15-12-48(26-56)10-13-55(14-11-48)22-29(3)57-23-30-17-32-25-58(41-9-8-28(2)53-46(41)59)47(60)36(32)18-31(30)24-57;;/h4-7,17-20,35,41-43,54H,1-3,8-16,21-26H2,(H,53,59);2*1H/t35?,41?,43-;;/m1../s1. The zero-order valence-electron chi connectivity index (χ0n) is 33.8. The first-order chi connectivity index (χ1) is 28.8. The van der Waals surface area contributed by atoms with Crippen LogP contribution >= 0.6 is 0 Å². The zero-order chi connectivity index (χ0) is 41.6. The molecule has 3 aromatic carbocycles.